The van der Waals surface area contributed by atoms with Crippen molar-refractivity contribution < 1.29 is 4.79 Å². The molecule has 4 nitrogen and oxygen atoms in total. The normalized spacial score (nSPS) is 17.2. The Bertz CT molecular complexity index is 248. The van der Waals surface area contributed by atoms with Gasteiger partial charge in [0, 0.05) is 32.6 Å². The fraction of sp³-hybridized carbons (Fsp3) is 0.933. The van der Waals surface area contributed by atoms with Crippen LogP contribution in [0.25, 0.3) is 0 Å². The zero-order valence-electron chi connectivity index (χ0n) is 12.7. The second-order valence-electron chi connectivity index (χ2n) is 6.00. The number of unbranched alkanes of at least 4 members (excludes halogenated alkanes) is 2. The van der Waals surface area contributed by atoms with Gasteiger partial charge in [-0.1, -0.05) is 20.3 Å². The Balaban J connectivity index is 2.12. The van der Waals surface area contributed by atoms with Crippen molar-refractivity contribution in [1.82, 2.24) is 9.80 Å². The highest BCUT2D eigenvalue weighted by Crippen LogP contribution is 2.09. The maximum Gasteiger partial charge on any atom is 0.222 e. The summed E-state index contributed by atoms with van der Waals surface area (Å²) in [6, 6.07) is 0. The lowest BCUT2D eigenvalue weighted by atomic mass is 10.1. The summed E-state index contributed by atoms with van der Waals surface area (Å²) in [5.74, 6) is 0.962. The highest BCUT2D eigenvalue weighted by molar-refractivity contribution is 5.76. The van der Waals surface area contributed by atoms with E-state index in [4.69, 9.17) is 5.73 Å². The summed E-state index contributed by atoms with van der Waals surface area (Å²) in [6.07, 6.45) is 5.32. The minimum absolute atomic E-state index is 0.344. The molecule has 1 aliphatic heterocycles. The third-order valence-corrected chi connectivity index (χ3v) is 3.84. The van der Waals surface area contributed by atoms with Crippen molar-refractivity contribution in [3.05, 3.63) is 0 Å². The van der Waals surface area contributed by atoms with E-state index in [1.165, 1.54) is 12.8 Å². The lowest BCUT2D eigenvalue weighted by Gasteiger charge is -2.35. The molecule has 0 aromatic heterocycles. The molecule has 4 heteroatoms. The van der Waals surface area contributed by atoms with Crippen LogP contribution in [0.3, 0.4) is 0 Å². The maximum atomic E-state index is 12.0. The van der Waals surface area contributed by atoms with E-state index in [1.54, 1.807) is 0 Å². The summed E-state index contributed by atoms with van der Waals surface area (Å²) in [5, 5.41) is 0. The SMILES string of the molecule is CC(C)CCC(=O)N1CCN(CCCCCN)CC1. The van der Waals surface area contributed by atoms with E-state index in [0.29, 0.717) is 18.2 Å². The molecule has 0 atom stereocenters. The van der Waals surface area contributed by atoms with Gasteiger partial charge in [-0.15, -0.1) is 0 Å². The number of nitrogens with zero attached hydrogens (tertiary/aromatic N) is 2. The molecule has 0 aliphatic carbocycles. The monoisotopic (exact) mass is 269 g/mol. The van der Waals surface area contributed by atoms with Gasteiger partial charge < -0.3 is 10.6 Å². The molecule has 2 N–H and O–H groups in total. The lowest BCUT2D eigenvalue weighted by Crippen LogP contribution is -2.48. The molecule has 1 saturated heterocycles. The van der Waals surface area contributed by atoms with Gasteiger partial charge in [0.25, 0.3) is 0 Å². The van der Waals surface area contributed by atoms with Crippen molar-refractivity contribution in [3.8, 4) is 0 Å². The smallest absolute Gasteiger partial charge is 0.222 e. The third kappa shape index (κ3) is 6.92. The number of nitrogens with two attached hydrogens (primary N) is 1. The van der Waals surface area contributed by atoms with Crippen LogP contribution in [-0.2, 0) is 4.79 Å². The summed E-state index contributed by atoms with van der Waals surface area (Å²) >= 11 is 0. The van der Waals surface area contributed by atoms with Gasteiger partial charge in [-0.3, -0.25) is 9.69 Å². The minimum atomic E-state index is 0.344. The molecule has 1 heterocycles. The largest absolute Gasteiger partial charge is 0.340 e. The van der Waals surface area contributed by atoms with Crippen molar-refractivity contribution in [2.24, 2.45) is 11.7 Å². The van der Waals surface area contributed by atoms with Crippen LogP contribution < -0.4 is 5.73 Å². The zero-order chi connectivity index (χ0) is 14.1. The molecule has 1 aliphatic rings. The molecule has 1 rings (SSSR count). The van der Waals surface area contributed by atoms with Gasteiger partial charge in [0.2, 0.25) is 5.91 Å². The van der Waals surface area contributed by atoms with Crippen LogP contribution in [0.15, 0.2) is 0 Å². The van der Waals surface area contributed by atoms with Crippen LogP contribution in [0, 0.1) is 5.92 Å². The van der Waals surface area contributed by atoms with Gasteiger partial charge in [0.05, 0.1) is 0 Å². The predicted octanol–water partition coefficient (Wildman–Crippen LogP) is 1.70. The van der Waals surface area contributed by atoms with Crippen LogP contribution in [-0.4, -0.2) is 55.0 Å². The predicted molar refractivity (Wildman–Crippen MR) is 80.0 cm³/mol. The molecule has 0 unspecified atom stereocenters. The highest BCUT2D eigenvalue weighted by atomic mass is 16.2. The number of piperazine rings is 1. The molecular formula is C15H31N3O. The van der Waals surface area contributed by atoms with E-state index in [2.05, 4.69) is 18.7 Å². The Hall–Kier alpha value is -0.610. The summed E-state index contributed by atoms with van der Waals surface area (Å²) < 4.78 is 0. The topological polar surface area (TPSA) is 49.6 Å². The van der Waals surface area contributed by atoms with E-state index in [0.717, 1.165) is 52.1 Å². The summed E-state index contributed by atoms with van der Waals surface area (Å²) in [6.45, 7) is 10.2. The number of amides is 1. The zero-order valence-corrected chi connectivity index (χ0v) is 12.7. The first-order valence-electron chi connectivity index (χ1n) is 7.83. The second-order valence-corrected chi connectivity index (χ2v) is 6.00. The Kier molecular flexibility index (Phi) is 8.07. The third-order valence-electron chi connectivity index (χ3n) is 3.84. The van der Waals surface area contributed by atoms with Gasteiger partial charge in [0.15, 0.2) is 0 Å². The first kappa shape index (κ1) is 16.4. The lowest BCUT2D eigenvalue weighted by molar-refractivity contribution is -0.133. The molecule has 0 aromatic rings. The first-order chi connectivity index (χ1) is 9.13. The fourth-order valence-electron chi connectivity index (χ4n) is 2.45. The molecule has 1 amide bonds. The standard InChI is InChI=1S/C15H31N3O/c1-14(2)6-7-15(19)18-12-10-17(11-13-18)9-5-3-4-8-16/h14H,3-13,16H2,1-2H3. The van der Waals surface area contributed by atoms with Crippen LogP contribution in [0.5, 0.6) is 0 Å². The van der Waals surface area contributed by atoms with E-state index in [-0.39, 0.29) is 0 Å². The Morgan fingerprint density at radius 3 is 2.37 bits per heavy atom. The van der Waals surface area contributed by atoms with Crippen LogP contribution in [0.1, 0.15) is 46.0 Å². The van der Waals surface area contributed by atoms with Gasteiger partial charge in [-0.05, 0) is 38.3 Å². The molecule has 0 spiro atoms. The van der Waals surface area contributed by atoms with Gasteiger partial charge in [-0.25, -0.2) is 0 Å². The summed E-state index contributed by atoms with van der Waals surface area (Å²) in [4.78, 5) is 16.5. The Morgan fingerprint density at radius 1 is 1.11 bits per heavy atom. The van der Waals surface area contributed by atoms with E-state index < -0.39 is 0 Å². The van der Waals surface area contributed by atoms with Crippen molar-refractivity contribution in [3.63, 3.8) is 0 Å². The van der Waals surface area contributed by atoms with Gasteiger partial charge in [-0.2, -0.15) is 0 Å². The van der Waals surface area contributed by atoms with E-state index >= 15 is 0 Å². The molecule has 0 radical (unpaired) electrons. The number of carbonyl (C=O) groups is 1. The number of rotatable bonds is 8. The Morgan fingerprint density at radius 2 is 1.79 bits per heavy atom. The van der Waals surface area contributed by atoms with Gasteiger partial charge >= 0.3 is 0 Å². The van der Waals surface area contributed by atoms with E-state index in [1.807, 2.05) is 4.90 Å². The second kappa shape index (κ2) is 9.32. The highest BCUT2D eigenvalue weighted by Gasteiger charge is 2.20. The quantitative estimate of drug-likeness (QED) is 0.682. The number of hydrogen-bond donors (Lipinski definition) is 1. The fourth-order valence-corrected chi connectivity index (χ4v) is 2.45. The molecule has 0 aromatic carbocycles. The molecule has 112 valence electrons. The van der Waals surface area contributed by atoms with Crippen molar-refractivity contribution >= 4 is 5.91 Å². The van der Waals surface area contributed by atoms with Crippen LogP contribution in [0.4, 0.5) is 0 Å². The number of carbonyl (C=O) groups excluding carboxylic acids is 1. The Labute approximate surface area is 118 Å². The first-order valence-corrected chi connectivity index (χ1v) is 7.83. The van der Waals surface area contributed by atoms with Gasteiger partial charge in [0.1, 0.15) is 0 Å². The summed E-state index contributed by atoms with van der Waals surface area (Å²) in [7, 11) is 0. The van der Waals surface area contributed by atoms with E-state index in [9.17, 15) is 4.79 Å². The molecular weight excluding hydrogens is 238 g/mol. The molecule has 0 saturated carbocycles. The van der Waals surface area contributed by atoms with Crippen molar-refractivity contribution in [1.29, 1.82) is 0 Å². The molecule has 19 heavy (non-hydrogen) atoms. The van der Waals surface area contributed by atoms with Crippen LogP contribution >= 0.6 is 0 Å². The maximum absolute atomic E-state index is 12.0. The minimum Gasteiger partial charge on any atom is -0.340 e. The average molecular weight is 269 g/mol. The van der Waals surface area contributed by atoms with Crippen LogP contribution in [0.2, 0.25) is 0 Å². The molecule has 1 fully saturated rings. The van der Waals surface area contributed by atoms with Crippen molar-refractivity contribution in [2.45, 2.75) is 46.0 Å². The molecule has 0 bridgehead atoms. The van der Waals surface area contributed by atoms with Crippen molar-refractivity contribution in [2.75, 3.05) is 39.3 Å². The number of hydrogen-bond acceptors (Lipinski definition) is 3. The summed E-state index contributed by atoms with van der Waals surface area (Å²) in [5.41, 5.74) is 5.49. The average Bonchev–Trinajstić information content (AvgIpc) is 2.41.